The van der Waals surface area contributed by atoms with E-state index in [1.807, 2.05) is 20.8 Å². The van der Waals surface area contributed by atoms with Crippen LogP contribution in [0.2, 0.25) is 0 Å². The molecule has 0 spiro atoms. The highest BCUT2D eigenvalue weighted by atomic mass is 19.1. The summed E-state index contributed by atoms with van der Waals surface area (Å²) in [4.78, 5) is 11.5. The zero-order valence-electron chi connectivity index (χ0n) is 11.1. The quantitative estimate of drug-likeness (QED) is 0.870. The fourth-order valence-corrected chi connectivity index (χ4v) is 1.39. The summed E-state index contributed by atoms with van der Waals surface area (Å²) in [6.45, 7) is 5.93. The summed E-state index contributed by atoms with van der Waals surface area (Å²) < 4.78 is 18.2. The van der Waals surface area contributed by atoms with Gasteiger partial charge in [0.25, 0.3) is 0 Å². The summed E-state index contributed by atoms with van der Waals surface area (Å²) in [6, 6.07) is 4.31. The molecule has 0 unspecified atom stereocenters. The first kappa shape index (κ1) is 14.3. The molecule has 0 saturated heterocycles. The maximum atomic E-state index is 13.4. The van der Waals surface area contributed by atoms with Gasteiger partial charge in [0, 0.05) is 12.1 Å². The van der Waals surface area contributed by atoms with Crippen LogP contribution in [0.5, 0.6) is 5.75 Å². The van der Waals surface area contributed by atoms with Crippen LogP contribution < -0.4 is 15.4 Å². The Bertz CT molecular complexity index is 427. The summed E-state index contributed by atoms with van der Waals surface area (Å²) >= 11 is 0. The number of carbonyl (C=O) groups is 1. The van der Waals surface area contributed by atoms with E-state index in [9.17, 15) is 9.18 Å². The van der Waals surface area contributed by atoms with Gasteiger partial charge in [0.2, 0.25) is 0 Å². The number of benzene rings is 1. The normalized spacial score (nSPS) is 10.9. The number of nitrogens with one attached hydrogen (secondary N) is 2. The molecule has 0 radical (unpaired) electrons. The summed E-state index contributed by atoms with van der Waals surface area (Å²) in [5, 5.41) is 5.42. The van der Waals surface area contributed by atoms with E-state index < -0.39 is 5.82 Å². The Kier molecular flexibility index (Phi) is 4.53. The molecule has 0 aliphatic heterocycles. The Morgan fingerprint density at radius 2 is 2.06 bits per heavy atom. The first-order chi connectivity index (χ1) is 8.31. The zero-order valence-corrected chi connectivity index (χ0v) is 11.1. The van der Waals surface area contributed by atoms with E-state index in [-0.39, 0.29) is 23.9 Å². The van der Waals surface area contributed by atoms with Crippen molar-refractivity contribution in [3.05, 3.63) is 29.6 Å². The molecule has 18 heavy (non-hydrogen) atoms. The van der Waals surface area contributed by atoms with Crippen molar-refractivity contribution in [3.8, 4) is 5.75 Å². The van der Waals surface area contributed by atoms with Crippen LogP contribution in [0.4, 0.5) is 9.18 Å². The Morgan fingerprint density at radius 3 is 2.56 bits per heavy atom. The molecule has 2 amide bonds. The number of amides is 2. The molecular weight excluding hydrogens is 235 g/mol. The van der Waals surface area contributed by atoms with Crippen LogP contribution in [0.25, 0.3) is 0 Å². The fourth-order valence-electron chi connectivity index (χ4n) is 1.39. The molecule has 1 aromatic carbocycles. The second-order valence-electron chi connectivity index (χ2n) is 5.03. The lowest BCUT2D eigenvalue weighted by atomic mass is 10.1. The summed E-state index contributed by atoms with van der Waals surface area (Å²) in [6.07, 6.45) is 0. The monoisotopic (exact) mass is 254 g/mol. The number of carbonyl (C=O) groups excluding carboxylic acids is 1. The van der Waals surface area contributed by atoms with Gasteiger partial charge >= 0.3 is 6.03 Å². The second-order valence-corrected chi connectivity index (χ2v) is 5.03. The van der Waals surface area contributed by atoms with Crippen LogP contribution in [0.3, 0.4) is 0 Å². The minimum absolute atomic E-state index is 0.192. The van der Waals surface area contributed by atoms with Gasteiger partial charge in [0.15, 0.2) is 11.6 Å². The molecule has 0 aliphatic carbocycles. The summed E-state index contributed by atoms with van der Waals surface area (Å²) in [5.41, 5.74) is 0.382. The predicted octanol–water partition coefficient (Wildman–Crippen LogP) is 2.43. The number of hydrogen-bond donors (Lipinski definition) is 2. The smallest absolute Gasteiger partial charge is 0.315 e. The van der Waals surface area contributed by atoms with Crippen molar-refractivity contribution >= 4 is 6.03 Å². The van der Waals surface area contributed by atoms with Crippen LogP contribution >= 0.6 is 0 Å². The van der Waals surface area contributed by atoms with Crippen molar-refractivity contribution in [1.82, 2.24) is 10.6 Å². The minimum Gasteiger partial charge on any atom is -0.494 e. The van der Waals surface area contributed by atoms with Gasteiger partial charge < -0.3 is 15.4 Å². The van der Waals surface area contributed by atoms with E-state index in [1.165, 1.54) is 19.2 Å². The average molecular weight is 254 g/mol. The van der Waals surface area contributed by atoms with E-state index >= 15 is 0 Å². The molecule has 1 rings (SSSR count). The van der Waals surface area contributed by atoms with Crippen LogP contribution in [0.15, 0.2) is 18.2 Å². The number of urea groups is 1. The molecule has 0 saturated carbocycles. The van der Waals surface area contributed by atoms with Gasteiger partial charge in [-0.1, -0.05) is 6.07 Å². The van der Waals surface area contributed by atoms with Crippen LogP contribution in [-0.2, 0) is 6.54 Å². The third kappa shape index (κ3) is 4.61. The SMILES string of the molecule is COc1ccc(CNC(=O)NC(C)(C)C)cc1F. The van der Waals surface area contributed by atoms with Gasteiger partial charge in [0.05, 0.1) is 7.11 Å². The highest BCUT2D eigenvalue weighted by molar-refractivity contribution is 5.74. The third-order valence-corrected chi connectivity index (χ3v) is 2.16. The topological polar surface area (TPSA) is 50.4 Å². The number of hydrogen-bond acceptors (Lipinski definition) is 2. The Balaban J connectivity index is 2.54. The zero-order chi connectivity index (χ0) is 13.8. The van der Waals surface area contributed by atoms with E-state index in [1.54, 1.807) is 6.07 Å². The highest BCUT2D eigenvalue weighted by Crippen LogP contribution is 2.17. The van der Waals surface area contributed by atoms with Crippen molar-refractivity contribution in [3.63, 3.8) is 0 Å². The van der Waals surface area contributed by atoms with Gasteiger partial charge in [-0.2, -0.15) is 0 Å². The van der Waals surface area contributed by atoms with E-state index in [4.69, 9.17) is 4.74 Å². The fraction of sp³-hybridized carbons (Fsp3) is 0.462. The van der Waals surface area contributed by atoms with Gasteiger partial charge in [-0.15, -0.1) is 0 Å². The summed E-state index contributed by atoms with van der Waals surface area (Å²) in [7, 11) is 1.41. The van der Waals surface area contributed by atoms with E-state index in [0.29, 0.717) is 5.56 Å². The molecule has 0 bridgehead atoms. The Morgan fingerprint density at radius 1 is 1.39 bits per heavy atom. The minimum atomic E-state index is -0.437. The Hall–Kier alpha value is -1.78. The van der Waals surface area contributed by atoms with Gasteiger partial charge in [-0.05, 0) is 38.5 Å². The Labute approximate surface area is 107 Å². The molecule has 5 heteroatoms. The van der Waals surface area contributed by atoms with Gasteiger partial charge in [-0.3, -0.25) is 0 Å². The largest absolute Gasteiger partial charge is 0.494 e. The number of halogens is 1. The molecule has 2 N–H and O–H groups in total. The van der Waals surface area contributed by atoms with Crippen molar-refractivity contribution in [1.29, 1.82) is 0 Å². The standard InChI is InChI=1S/C13H19FN2O2/c1-13(2,3)16-12(17)15-8-9-5-6-11(18-4)10(14)7-9/h5-7H,8H2,1-4H3,(H2,15,16,17). The molecule has 0 aliphatic rings. The molecule has 0 aromatic heterocycles. The molecule has 1 aromatic rings. The lowest BCUT2D eigenvalue weighted by Gasteiger charge is -2.20. The van der Waals surface area contributed by atoms with Crippen LogP contribution in [0.1, 0.15) is 26.3 Å². The average Bonchev–Trinajstić information content (AvgIpc) is 2.24. The molecule has 0 fully saturated rings. The number of ether oxygens (including phenoxy) is 1. The number of rotatable bonds is 3. The first-order valence-corrected chi connectivity index (χ1v) is 5.70. The first-order valence-electron chi connectivity index (χ1n) is 5.70. The van der Waals surface area contributed by atoms with E-state index in [2.05, 4.69) is 10.6 Å². The predicted molar refractivity (Wildman–Crippen MR) is 68.1 cm³/mol. The van der Waals surface area contributed by atoms with Crippen molar-refractivity contribution in [2.45, 2.75) is 32.9 Å². The second kappa shape index (κ2) is 5.71. The maximum Gasteiger partial charge on any atom is 0.315 e. The molecule has 0 heterocycles. The highest BCUT2D eigenvalue weighted by Gasteiger charge is 2.13. The molecule has 0 atom stereocenters. The van der Waals surface area contributed by atoms with Gasteiger partial charge in [-0.25, -0.2) is 9.18 Å². The van der Waals surface area contributed by atoms with E-state index in [0.717, 1.165) is 0 Å². The van der Waals surface area contributed by atoms with Crippen molar-refractivity contribution in [2.24, 2.45) is 0 Å². The van der Waals surface area contributed by atoms with Crippen molar-refractivity contribution < 1.29 is 13.9 Å². The third-order valence-electron chi connectivity index (χ3n) is 2.16. The van der Waals surface area contributed by atoms with Crippen LogP contribution in [-0.4, -0.2) is 18.7 Å². The molecule has 4 nitrogen and oxygen atoms in total. The molecular formula is C13H19FN2O2. The summed E-state index contributed by atoms with van der Waals surface area (Å²) in [5.74, 6) is -0.245. The lowest BCUT2D eigenvalue weighted by molar-refractivity contribution is 0.231. The van der Waals surface area contributed by atoms with Crippen LogP contribution in [0, 0.1) is 5.82 Å². The van der Waals surface area contributed by atoms with Crippen molar-refractivity contribution in [2.75, 3.05) is 7.11 Å². The van der Waals surface area contributed by atoms with Gasteiger partial charge in [0.1, 0.15) is 0 Å². The maximum absolute atomic E-state index is 13.4. The lowest BCUT2D eigenvalue weighted by Crippen LogP contribution is -2.46. The molecule has 100 valence electrons. The number of methoxy groups -OCH3 is 1.